The minimum atomic E-state index is 0.235. The summed E-state index contributed by atoms with van der Waals surface area (Å²) in [6.07, 6.45) is 2.18. The fourth-order valence-corrected chi connectivity index (χ4v) is 2.75. The fourth-order valence-electron chi connectivity index (χ4n) is 2.62. The quantitative estimate of drug-likeness (QED) is 0.807. The van der Waals surface area contributed by atoms with Crippen molar-refractivity contribution >= 4 is 11.6 Å². The zero-order valence-electron chi connectivity index (χ0n) is 13.1. The molecule has 0 bridgehead atoms. The molecule has 0 radical (unpaired) electrons. The fraction of sp³-hybridized carbons (Fsp3) is 0.500. The number of benzene rings is 1. The summed E-state index contributed by atoms with van der Waals surface area (Å²) >= 11 is 5.88. The zero-order chi connectivity index (χ0) is 16.1. The van der Waals surface area contributed by atoms with Crippen molar-refractivity contribution < 1.29 is 14.0 Å². The average molecular weight is 338 g/mol. The van der Waals surface area contributed by atoms with E-state index < -0.39 is 0 Å². The predicted octanol–water partition coefficient (Wildman–Crippen LogP) is 2.91. The Morgan fingerprint density at radius 2 is 2.00 bits per heavy atom. The third-order valence-corrected chi connectivity index (χ3v) is 4.05. The van der Waals surface area contributed by atoms with Crippen molar-refractivity contribution in [1.29, 1.82) is 0 Å². The van der Waals surface area contributed by atoms with E-state index in [1.807, 2.05) is 24.3 Å². The highest BCUT2D eigenvalue weighted by Gasteiger charge is 2.22. The number of methoxy groups -OCH3 is 1. The van der Waals surface area contributed by atoms with Crippen molar-refractivity contribution in [3.05, 3.63) is 41.0 Å². The van der Waals surface area contributed by atoms with E-state index in [4.69, 9.17) is 25.6 Å². The van der Waals surface area contributed by atoms with Gasteiger partial charge in [0.15, 0.2) is 5.82 Å². The first-order valence-corrected chi connectivity index (χ1v) is 8.05. The largest absolute Gasteiger partial charge is 0.490 e. The molecule has 0 spiro atoms. The van der Waals surface area contributed by atoms with Crippen molar-refractivity contribution in [1.82, 2.24) is 15.0 Å². The first-order valence-electron chi connectivity index (χ1n) is 7.68. The topological polar surface area (TPSA) is 60.6 Å². The third-order valence-electron chi connectivity index (χ3n) is 3.79. The molecule has 1 fully saturated rings. The highest BCUT2D eigenvalue weighted by atomic mass is 35.5. The van der Waals surface area contributed by atoms with Crippen LogP contribution in [0.25, 0.3) is 0 Å². The van der Waals surface area contributed by atoms with Crippen LogP contribution in [0.15, 0.2) is 28.8 Å². The van der Waals surface area contributed by atoms with Crippen molar-refractivity contribution in [2.45, 2.75) is 32.1 Å². The molecule has 0 aliphatic carbocycles. The van der Waals surface area contributed by atoms with E-state index in [0.29, 0.717) is 24.9 Å². The molecule has 7 heteroatoms. The number of halogens is 1. The van der Waals surface area contributed by atoms with Crippen molar-refractivity contribution in [2.75, 3.05) is 20.2 Å². The van der Waals surface area contributed by atoms with Gasteiger partial charge in [0, 0.05) is 25.2 Å². The van der Waals surface area contributed by atoms with E-state index in [0.717, 1.165) is 36.7 Å². The number of piperidine rings is 1. The summed E-state index contributed by atoms with van der Waals surface area (Å²) < 4.78 is 16.2. The molecule has 124 valence electrons. The van der Waals surface area contributed by atoms with Gasteiger partial charge < -0.3 is 14.0 Å². The van der Waals surface area contributed by atoms with Crippen LogP contribution in [-0.4, -0.2) is 41.3 Å². The van der Waals surface area contributed by atoms with E-state index in [1.165, 1.54) is 0 Å². The lowest BCUT2D eigenvalue weighted by Crippen LogP contribution is -2.37. The van der Waals surface area contributed by atoms with Gasteiger partial charge >= 0.3 is 0 Å². The number of hydrogen-bond donors (Lipinski definition) is 0. The Hall–Kier alpha value is -1.63. The third kappa shape index (κ3) is 4.67. The molecule has 1 aliphatic heterocycles. The van der Waals surface area contributed by atoms with Gasteiger partial charge in [0.25, 0.3) is 0 Å². The van der Waals surface area contributed by atoms with Crippen LogP contribution < -0.4 is 4.74 Å². The lowest BCUT2D eigenvalue weighted by molar-refractivity contribution is 0.0904. The summed E-state index contributed by atoms with van der Waals surface area (Å²) in [6, 6.07) is 7.51. The van der Waals surface area contributed by atoms with E-state index in [2.05, 4.69) is 15.0 Å². The Bertz CT molecular complexity index is 609. The number of likely N-dealkylation sites (tertiary alicyclic amines) is 1. The Morgan fingerprint density at radius 3 is 2.70 bits per heavy atom. The highest BCUT2D eigenvalue weighted by Crippen LogP contribution is 2.21. The van der Waals surface area contributed by atoms with Gasteiger partial charge in [-0.05, 0) is 37.1 Å². The van der Waals surface area contributed by atoms with Crippen molar-refractivity contribution in [3.63, 3.8) is 0 Å². The molecule has 0 saturated carbocycles. The summed E-state index contributed by atoms with van der Waals surface area (Å²) in [4.78, 5) is 6.60. The highest BCUT2D eigenvalue weighted by molar-refractivity contribution is 6.30. The van der Waals surface area contributed by atoms with Crippen LogP contribution in [0.2, 0.25) is 5.02 Å². The molecule has 1 aromatic heterocycles. The molecule has 23 heavy (non-hydrogen) atoms. The second-order valence-electron chi connectivity index (χ2n) is 5.58. The van der Waals surface area contributed by atoms with Crippen molar-refractivity contribution in [3.8, 4) is 5.75 Å². The van der Waals surface area contributed by atoms with Gasteiger partial charge in [0.05, 0.1) is 6.54 Å². The van der Waals surface area contributed by atoms with Gasteiger partial charge in [0.1, 0.15) is 18.5 Å². The lowest BCUT2D eigenvalue weighted by Gasteiger charge is -2.31. The molecule has 0 atom stereocenters. The van der Waals surface area contributed by atoms with Crippen LogP contribution in [0.4, 0.5) is 0 Å². The van der Waals surface area contributed by atoms with Gasteiger partial charge in [-0.1, -0.05) is 16.8 Å². The van der Waals surface area contributed by atoms with Gasteiger partial charge in [-0.15, -0.1) is 0 Å². The summed E-state index contributed by atoms with van der Waals surface area (Å²) in [7, 11) is 1.61. The van der Waals surface area contributed by atoms with Crippen LogP contribution in [0.3, 0.4) is 0 Å². The standard InChI is InChI=1S/C16H20ClN3O3/c1-21-11-15-18-16(23-19-15)10-20-8-6-14(7-9-20)22-13-4-2-12(17)3-5-13/h2-5,14H,6-11H2,1H3. The van der Waals surface area contributed by atoms with Crippen LogP contribution in [0.5, 0.6) is 5.75 Å². The lowest BCUT2D eigenvalue weighted by atomic mass is 10.1. The number of rotatable bonds is 6. The number of nitrogens with zero attached hydrogens (tertiary/aromatic N) is 3. The van der Waals surface area contributed by atoms with E-state index in [1.54, 1.807) is 7.11 Å². The first-order chi connectivity index (χ1) is 11.2. The predicted molar refractivity (Wildman–Crippen MR) is 85.4 cm³/mol. The Kier molecular flexibility index (Phi) is 5.48. The van der Waals surface area contributed by atoms with Gasteiger partial charge in [-0.25, -0.2) is 0 Å². The summed E-state index contributed by atoms with van der Waals surface area (Å²) in [6.45, 7) is 2.94. The maximum absolute atomic E-state index is 5.99. The van der Waals surface area contributed by atoms with Gasteiger partial charge in [-0.3, -0.25) is 4.90 Å². The Balaban J connectivity index is 1.45. The Morgan fingerprint density at radius 1 is 1.26 bits per heavy atom. The maximum Gasteiger partial charge on any atom is 0.240 e. The SMILES string of the molecule is COCc1noc(CN2CCC(Oc3ccc(Cl)cc3)CC2)n1. The molecular formula is C16H20ClN3O3. The number of hydrogen-bond acceptors (Lipinski definition) is 6. The van der Waals surface area contributed by atoms with Crippen LogP contribution >= 0.6 is 11.6 Å². The molecule has 0 amide bonds. The summed E-state index contributed by atoms with van der Waals surface area (Å²) in [5.74, 6) is 2.09. The van der Waals surface area contributed by atoms with Crippen molar-refractivity contribution in [2.24, 2.45) is 0 Å². The first kappa shape index (κ1) is 16.2. The van der Waals surface area contributed by atoms with E-state index >= 15 is 0 Å². The molecule has 3 rings (SSSR count). The minimum absolute atomic E-state index is 0.235. The smallest absolute Gasteiger partial charge is 0.240 e. The molecule has 2 heterocycles. The zero-order valence-corrected chi connectivity index (χ0v) is 13.8. The molecule has 1 aromatic carbocycles. The molecule has 2 aromatic rings. The molecular weight excluding hydrogens is 318 g/mol. The van der Waals surface area contributed by atoms with Gasteiger partial charge in [0.2, 0.25) is 5.89 Å². The summed E-state index contributed by atoms with van der Waals surface area (Å²) in [5.41, 5.74) is 0. The second-order valence-corrected chi connectivity index (χ2v) is 6.02. The summed E-state index contributed by atoms with van der Waals surface area (Å²) in [5, 5.41) is 4.60. The van der Waals surface area contributed by atoms with Crippen LogP contribution in [0.1, 0.15) is 24.6 Å². The number of ether oxygens (including phenoxy) is 2. The van der Waals surface area contributed by atoms with E-state index in [-0.39, 0.29) is 6.10 Å². The molecule has 1 saturated heterocycles. The second kappa shape index (κ2) is 7.77. The Labute approximate surface area is 140 Å². The van der Waals surface area contributed by atoms with Crippen LogP contribution in [-0.2, 0) is 17.9 Å². The molecule has 0 unspecified atom stereocenters. The molecule has 6 nitrogen and oxygen atoms in total. The van der Waals surface area contributed by atoms with Gasteiger partial charge in [-0.2, -0.15) is 4.98 Å². The number of aromatic nitrogens is 2. The maximum atomic E-state index is 5.99. The molecule has 1 aliphatic rings. The molecule has 0 N–H and O–H groups in total. The van der Waals surface area contributed by atoms with Crippen LogP contribution in [0, 0.1) is 0 Å². The normalized spacial score (nSPS) is 16.6. The monoisotopic (exact) mass is 337 g/mol. The average Bonchev–Trinajstić information content (AvgIpc) is 2.99. The minimum Gasteiger partial charge on any atom is -0.490 e. The van der Waals surface area contributed by atoms with E-state index in [9.17, 15) is 0 Å².